The van der Waals surface area contributed by atoms with Gasteiger partial charge in [0.2, 0.25) is 0 Å². The molecule has 88 valence electrons. The Kier molecular flexibility index (Phi) is 2.65. The number of fused-ring (bicyclic) bond motifs is 1. The molecule has 3 heteroatoms. The molecule has 0 saturated heterocycles. The number of aromatic nitrogens is 3. The van der Waals surface area contributed by atoms with Crippen LogP contribution in [-0.2, 0) is 6.54 Å². The third-order valence-corrected chi connectivity index (χ3v) is 2.86. The van der Waals surface area contributed by atoms with E-state index in [0.29, 0.717) is 0 Å². The number of hydrogen-bond acceptors (Lipinski definition) is 1. The Hall–Kier alpha value is -2.42. The maximum atomic E-state index is 4.59. The summed E-state index contributed by atoms with van der Waals surface area (Å²) in [5.74, 6) is 0.898. The zero-order valence-corrected chi connectivity index (χ0v) is 10.0. The van der Waals surface area contributed by atoms with E-state index in [1.807, 2.05) is 42.6 Å². The first-order chi connectivity index (χ1) is 8.86. The normalized spacial score (nSPS) is 10.7. The number of nitrogens with one attached hydrogen (secondary N) is 1. The molecule has 0 radical (unpaired) electrons. The number of nitrogens with zero attached hydrogens (tertiary/aromatic N) is 2. The van der Waals surface area contributed by atoms with E-state index in [9.17, 15) is 0 Å². The van der Waals surface area contributed by atoms with E-state index in [1.54, 1.807) is 0 Å². The number of hydrogen-bond donors (Lipinski definition) is 1. The molecular weight excluding hydrogens is 222 g/mol. The number of rotatable bonds is 3. The van der Waals surface area contributed by atoms with Gasteiger partial charge in [0.25, 0.3) is 0 Å². The van der Waals surface area contributed by atoms with Crippen LogP contribution in [0.2, 0.25) is 0 Å². The van der Waals surface area contributed by atoms with Crippen LogP contribution in [0.25, 0.3) is 22.4 Å². The van der Waals surface area contributed by atoms with Gasteiger partial charge in [0.15, 0.2) is 18.9 Å². The van der Waals surface area contributed by atoms with Gasteiger partial charge in [-0.15, -0.1) is 0 Å². The highest BCUT2D eigenvalue weighted by Gasteiger charge is 2.08. The van der Waals surface area contributed by atoms with Crippen LogP contribution in [0.1, 0.15) is 0 Å². The second-order valence-electron chi connectivity index (χ2n) is 4.18. The lowest BCUT2D eigenvalue weighted by Gasteiger charge is -1.95. The zero-order chi connectivity index (χ0) is 12.4. The van der Waals surface area contributed by atoms with Crippen molar-refractivity contribution in [2.24, 2.45) is 0 Å². The first kappa shape index (κ1) is 10.7. The lowest BCUT2D eigenvalue weighted by atomic mass is 10.2. The van der Waals surface area contributed by atoms with E-state index in [1.165, 1.54) is 0 Å². The van der Waals surface area contributed by atoms with Gasteiger partial charge < -0.3 is 4.98 Å². The van der Waals surface area contributed by atoms with Gasteiger partial charge in [-0.2, -0.15) is 0 Å². The number of pyridine rings is 1. The minimum atomic E-state index is 0.800. The van der Waals surface area contributed by atoms with Crippen molar-refractivity contribution in [1.82, 2.24) is 9.97 Å². The summed E-state index contributed by atoms with van der Waals surface area (Å²) in [6.45, 7) is 4.55. The van der Waals surface area contributed by atoms with E-state index in [2.05, 4.69) is 33.4 Å². The molecule has 1 aromatic carbocycles. The highest BCUT2D eigenvalue weighted by molar-refractivity contribution is 5.78. The summed E-state index contributed by atoms with van der Waals surface area (Å²) in [6, 6.07) is 12.1. The SMILES string of the molecule is C=CC[n+]1cccc(-c2nc3ccccc3[nH]2)c1. The van der Waals surface area contributed by atoms with Crippen molar-refractivity contribution >= 4 is 11.0 Å². The fraction of sp³-hybridized carbons (Fsp3) is 0.0667. The van der Waals surface area contributed by atoms with Crippen LogP contribution in [0.3, 0.4) is 0 Å². The molecule has 0 aliphatic heterocycles. The predicted molar refractivity (Wildman–Crippen MR) is 71.9 cm³/mol. The topological polar surface area (TPSA) is 32.6 Å². The first-order valence-corrected chi connectivity index (χ1v) is 5.92. The van der Waals surface area contributed by atoms with Gasteiger partial charge in [0.05, 0.1) is 16.6 Å². The molecule has 0 fully saturated rings. The molecule has 3 aromatic rings. The summed E-state index contributed by atoms with van der Waals surface area (Å²) in [5.41, 5.74) is 3.13. The molecular formula is C15H14N3+. The summed E-state index contributed by atoms with van der Waals surface area (Å²) in [6.07, 6.45) is 5.97. The Morgan fingerprint density at radius 3 is 2.94 bits per heavy atom. The summed E-state index contributed by atoms with van der Waals surface area (Å²) < 4.78 is 2.08. The molecule has 1 N–H and O–H groups in total. The Labute approximate surface area is 105 Å². The maximum Gasteiger partial charge on any atom is 0.180 e. The fourth-order valence-corrected chi connectivity index (χ4v) is 2.01. The smallest absolute Gasteiger partial charge is 0.180 e. The second-order valence-corrected chi connectivity index (χ2v) is 4.18. The summed E-state index contributed by atoms with van der Waals surface area (Å²) in [5, 5.41) is 0. The van der Waals surface area contributed by atoms with E-state index in [-0.39, 0.29) is 0 Å². The van der Waals surface area contributed by atoms with Crippen LogP contribution in [0.5, 0.6) is 0 Å². The van der Waals surface area contributed by atoms with Crippen LogP contribution in [-0.4, -0.2) is 9.97 Å². The van der Waals surface area contributed by atoms with Gasteiger partial charge in [-0.25, -0.2) is 9.55 Å². The largest absolute Gasteiger partial charge is 0.338 e. The van der Waals surface area contributed by atoms with Gasteiger partial charge in [0, 0.05) is 6.07 Å². The maximum absolute atomic E-state index is 4.59. The first-order valence-electron chi connectivity index (χ1n) is 5.92. The van der Waals surface area contributed by atoms with Crippen molar-refractivity contribution < 1.29 is 4.57 Å². The molecule has 0 aliphatic carbocycles. The number of para-hydroxylation sites is 2. The zero-order valence-electron chi connectivity index (χ0n) is 10.0. The molecule has 3 rings (SSSR count). The average Bonchev–Trinajstić information content (AvgIpc) is 2.83. The third-order valence-electron chi connectivity index (χ3n) is 2.86. The highest BCUT2D eigenvalue weighted by Crippen LogP contribution is 2.18. The minimum absolute atomic E-state index is 0.800. The van der Waals surface area contributed by atoms with E-state index < -0.39 is 0 Å². The minimum Gasteiger partial charge on any atom is -0.338 e. The highest BCUT2D eigenvalue weighted by atomic mass is 15.0. The Morgan fingerprint density at radius 1 is 1.22 bits per heavy atom. The van der Waals surface area contributed by atoms with E-state index in [0.717, 1.165) is 29.0 Å². The number of H-pyrrole nitrogens is 1. The van der Waals surface area contributed by atoms with Gasteiger partial charge in [0.1, 0.15) is 5.82 Å². The van der Waals surface area contributed by atoms with E-state index in [4.69, 9.17) is 0 Å². The van der Waals surface area contributed by atoms with Crippen molar-refractivity contribution in [3.63, 3.8) is 0 Å². The summed E-state index contributed by atoms with van der Waals surface area (Å²) in [7, 11) is 0. The van der Waals surface area contributed by atoms with E-state index >= 15 is 0 Å². The van der Waals surface area contributed by atoms with Crippen LogP contribution in [0, 0.1) is 0 Å². The molecule has 0 bridgehead atoms. The van der Waals surface area contributed by atoms with Crippen molar-refractivity contribution in [3.05, 3.63) is 61.4 Å². The van der Waals surface area contributed by atoms with Crippen LogP contribution in [0.15, 0.2) is 61.4 Å². The van der Waals surface area contributed by atoms with Crippen molar-refractivity contribution in [1.29, 1.82) is 0 Å². The monoisotopic (exact) mass is 236 g/mol. The van der Waals surface area contributed by atoms with Gasteiger partial charge in [-0.05, 0) is 24.3 Å². The lowest BCUT2D eigenvalue weighted by molar-refractivity contribution is -0.686. The lowest BCUT2D eigenvalue weighted by Crippen LogP contribution is -2.31. The summed E-state index contributed by atoms with van der Waals surface area (Å²) >= 11 is 0. The fourth-order valence-electron chi connectivity index (χ4n) is 2.01. The second kappa shape index (κ2) is 4.45. The molecule has 3 nitrogen and oxygen atoms in total. The predicted octanol–water partition coefficient (Wildman–Crippen LogP) is 2.70. The number of aromatic amines is 1. The third kappa shape index (κ3) is 1.91. The Morgan fingerprint density at radius 2 is 2.11 bits per heavy atom. The standard InChI is InChI=1S/C15H14N3/c1-2-9-18-10-5-6-12(11-18)15-16-13-7-3-4-8-14(13)17-15/h2-8,10-11H,1,9H2,(H,16,17)/q+1. The van der Waals surface area contributed by atoms with Crippen LogP contribution < -0.4 is 4.57 Å². The molecule has 0 atom stereocenters. The van der Waals surface area contributed by atoms with Crippen molar-refractivity contribution in [2.45, 2.75) is 6.54 Å². The Balaban J connectivity index is 2.08. The molecule has 0 saturated carbocycles. The van der Waals surface area contributed by atoms with Crippen LogP contribution in [0.4, 0.5) is 0 Å². The molecule has 2 heterocycles. The number of benzene rings is 1. The molecule has 0 unspecified atom stereocenters. The van der Waals surface area contributed by atoms with Crippen LogP contribution >= 0.6 is 0 Å². The molecule has 0 amide bonds. The number of allylic oxidation sites excluding steroid dienone is 1. The van der Waals surface area contributed by atoms with Gasteiger partial charge in [-0.3, -0.25) is 0 Å². The molecule has 18 heavy (non-hydrogen) atoms. The Bertz CT molecular complexity index is 665. The molecule has 0 spiro atoms. The van der Waals surface area contributed by atoms with Gasteiger partial charge in [-0.1, -0.05) is 18.7 Å². The summed E-state index contributed by atoms with van der Waals surface area (Å²) in [4.78, 5) is 7.92. The molecule has 0 aliphatic rings. The van der Waals surface area contributed by atoms with Crippen molar-refractivity contribution in [2.75, 3.05) is 0 Å². The van der Waals surface area contributed by atoms with Gasteiger partial charge >= 0.3 is 0 Å². The quantitative estimate of drug-likeness (QED) is 0.550. The van der Waals surface area contributed by atoms with Crippen molar-refractivity contribution in [3.8, 4) is 11.4 Å². The average molecular weight is 236 g/mol. The molecule has 2 aromatic heterocycles. The number of imidazole rings is 1.